The van der Waals surface area contributed by atoms with E-state index in [1.165, 1.54) is 18.2 Å². The van der Waals surface area contributed by atoms with Gasteiger partial charge in [-0.1, -0.05) is 29.8 Å². The minimum Gasteiger partial charge on any atom is -0.395 e. The smallest absolute Gasteiger partial charge is 0.233 e. The average Bonchev–Trinajstić information content (AvgIpc) is 2.89. The van der Waals surface area contributed by atoms with E-state index in [1.54, 1.807) is 66.7 Å². The number of hydrogen-bond donors (Lipinski definition) is 4. The van der Waals surface area contributed by atoms with Gasteiger partial charge in [-0.15, -0.1) is 0 Å². The Morgan fingerprint density at radius 2 is 1.39 bits per heavy atom. The highest BCUT2D eigenvalue weighted by molar-refractivity contribution is 6.30. The van der Waals surface area contributed by atoms with Crippen molar-refractivity contribution in [3.8, 4) is 0 Å². The number of nitrogens with zero attached hydrogens (tertiary/aromatic N) is 3. The molecule has 0 aliphatic heterocycles. The van der Waals surface area contributed by atoms with Crippen molar-refractivity contribution in [3.05, 3.63) is 101 Å². The Kier molecular flexibility index (Phi) is 8.17. The molecule has 0 aliphatic rings. The maximum absolute atomic E-state index is 13.0. The summed E-state index contributed by atoms with van der Waals surface area (Å²) in [5, 5.41) is 18.8. The van der Waals surface area contributed by atoms with Crippen LogP contribution in [0.1, 0.15) is 15.9 Å². The number of aliphatic hydroxyl groups is 1. The van der Waals surface area contributed by atoms with Gasteiger partial charge < -0.3 is 21.1 Å². The molecule has 0 aliphatic carbocycles. The van der Waals surface area contributed by atoms with Crippen molar-refractivity contribution >= 4 is 52.7 Å². The summed E-state index contributed by atoms with van der Waals surface area (Å²) in [7, 11) is 0. The summed E-state index contributed by atoms with van der Waals surface area (Å²) in [6.45, 7) is 0.186. The predicted octanol–water partition coefficient (Wildman–Crippen LogP) is 5.45. The van der Waals surface area contributed by atoms with E-state index in [9.17, 15) is 9.18 Å². The molecule has 36 heavy (non-hydrogen) atoms. The zero-order chi connectivity index (χ0) is 25.3. The maximum atomic E-state index is 13.0. The third kappa shape index (κ3) is 7.08. The number of allylic oxidation sites excluding steroid dienone is 1. The van der Waals surface area contributed by atoms with Crippen LogP contribution < -0.4 is 16.0 Å². The molecule has 3 aromatic carbocycles. The summed E-state index contributed by atoms with van der Waals surface area (Å²) in [4.78, 5) is 25.5. The summed E-state index contributed by atoms with van der Waals surface area (Å²) in [6.07, 6.45) is 3.07. The third-order valence-corrected chi connectivity index (χ3v) is 5.11. The van der Waals surface area contributed by atoms with Crippen molar-refractivity contribution in [2.75, 3.05) is 29.1 Å². The molecular weight excluding hydrogens is 483 g/mol. The fourth-order valence-corrected chi connectivity index (χ4v) is 3.21. The van der Waals surface area contributed by atoms with Crippen molar-refractivity contribution in [2.45, 2.75) is 0 Å². The van der Waals surface area contributed by atoms with Crippen LogP contribution >= 0.6 is 11.6 Å². The Bertz CT molecular complexity index is 1350. The van der Waals surface area contributed by atoms with E-state index < -0.39 is 0 Å². The lowest BCUT2D eigenvalue weighted by molar-refractivity contribution is 0.104. The Balaban J connectivity index is 1.47. The molecule has 8 nitrogen and oxygen atoms in total. The van der Waals surface area contributed by atoms with Crippen LogP contribution in [-0.2, 0) is 0 Å². The second-order valence-electron chi connectivity index (χ2n) is 7.54. The first-order valence-corrected chi connectivity index (χ1v) is 11.3. The van der Waals surface area contributed by atoms with E-state index in [4.69, 9.17) is 16.7 Å². The van der Waals surface area contributed by atoms with E-state index in [0.29, 0.717) is 16.3 Å². The summed E-state index contributed by atoms with van der Waals surface area (Å²) in [6, 6.07) is 19.8. The first kappa shape index (κ1) is 24.8. The topological polar surface area (TPSA) is 112 Å². The molecular formula is C26H22ClFN6O2. The van der Waals surface area contributed by atoms with Crippen molar-refractivity contribution in [3.63, 3.8) is 0 Å². The molecule has 182 valence electrons. The zero-order valence-corrected chi connectivity index (χ0v) is 19.7. The molecule has 0 spiro atoms. The zero-order valence-electron chi connectivity index (χ0n) is 19.0. The van der Waals surface area contributed by atoms with Gasteiger partial charge >= 0.3 is 0 Å². The third-order valence-electron chi connectivity index (χ3n) is 4.85. The number of halogens is 2. The first-order chi connectivity index (χ1) is 17.5. The number of carbonyl (C=O) groups excluding carboxylic acids is 1. The number of carbonyl (C=O) groups is 1. The molecule has 10 heteroatoms. The largest absolute Gasteiger partial charge is 0.395 e. The number of benzene rings is 3. The van der Waals surface area contributed by atoms with Crippen molar-refractivity contribution in [1.82, 2.24) is 15.0 Å². The van der Waals surface area contributed by atoms with Crippen LogP contribution in [-0.4, -0.2) is 39.0 Å². The lowest BCUT2D eigenvalue weighted by Crippen LogP contribution is -2.12. The minimum absolute atomic E-state index is 0.0838. The highest BCUT2D eigenvalue weighted by Crippen LogP contribution is 2.21. The molecule has 1 heterocycles. The Labute approximate surface area is 211 Å². The van der Waals surface area contributed by atoms with Gasteiger partial charge in [0.2, 0.25) is 17.8 Å². The normalized spacial score (nSPS) is 10.9. The Morgan fingerprint density at radius 3 is 1.97 bits per heavy atom. The summed E-state index contributed by atoms with van der Waals surface area (Å²) in [5.41, 5.74) is 2.61. The minimum atomic E-state index is -0.330. The van der Waals surface area contributed by atoms with Gasteiger partial charge in [0.1, 0.15) is 5.82 Å². The summed E-state index contributed by atoms with van der Waals surface area (Å²) < 4.78 is 13.0. The van der Waals surface area contributed by atoms with Crippen molar-refractivity contribution in [1.29, 1.82) is 0 Å². The monoisotopic (exact) mass is 504 g/mol. The number of anilines is 5. The average molecular weight is 505 g/mol. The lowest BCUT2D eigenvalue weighted by Gasteiger charge is -2.11. The van der Waals surface area contributed by atoms with Crippen LogP contribution in [0, 0.1) is 5.82 Å². The number of rotatable bonds is 10. The Hall–Kier alpha value is -4.34. The molecule has 0 radical (unpaired) electrons. The van der Waals surface area contributed by atoms with Gasteiger partial charge in [-0.25, -0.2) is 4.39 Å². The molecule has 0 bridgehead atoms. The van der Waals surface area contributed by atoms with E-state index in [2.05, 4.69) is 30.9 Å². The molecule has 0 saturated carbocycles. The van der Waals surface area contributed by atoms with Crippen LogP contribution in [0.15, 0.2) is 78.9 Å². The second kappa shape index (κ2) is 11.9. The quantitative estimate of drug-likeness (QED) is 0.166. The van der Waals surface area contributed by atoms with Gasteiger partial charge in [0.05, 0.1) is 6.61 Å². The molecule has 1 aromatic heterocycles. The molecule has 4 aromatic rings. The maximum Gasteiger partial charge on any atom is 0.233 e. The van der Waals surface area contributed by atoms with E-state index in [0.717, 1.165) is 11.3 Å². The van der Waals surface area contributed by atoms with Gasteiger partial charge in [-0.2, -0.15) is 15.0 Å². The van der Waals surface area contributed by atoms with E-state index >= 15 is 0 Å². The number of aromatic nitrogens is 3. The van der Waals surface area contributed by atoms with Crippen LogP contribution in [0.2, 0.25) is 5.02 Å². The van der Waals surface area contributed by atoms with Gasteiger partial charge in [-0.3, -0.25) is 4.79 Å². The molecule has 0 unspecified atom stereocenters. The highest BCUT2D eigenvalue weighted by Gasteiger charge is 2.09. The summed E-state index contributed by atoms with van der Waals surface area (Å²) in [5.74, 6) is 0.306. The second-order valence-corrected chi connectivity index (χ2v) is 7.98. The highest BCUT2D eigenvalue weighted by atomic mass is 35.5. The van der Waals surface area contributed by atoms with E-state index in [-0.39, 0.29) is 42.6 Å². The van der Waals surface area contributed by atoms with Crippen molar-refractivity contribution in [2.24, 2.45) is 0 Å². The Morgan fingerprint density at radius 1 is 0.833 bits per heavy atom. The summed E-state index contributed by atoms with van der Waals surface area (Å²) >= 11 is 5.94. The molecule has 0 atom stereocenters. The van der Waals surface area contributed by atoms with Gasteiger partial charge in [0.15, 0.2) is 5.78 Å². The van der Waals surface area contributed by atoms with Crippen LogP contribution in [0.25, 0.3) is 6.08 Å². The van der Waals surface area contributed by atoms with Gasteiger partial charge in [-0.05, 0) is 72.3 Å². The van der Waals surface area contributed by atoms with Crippen LogP contribution in [0.3, 0.4) is 0 Å². The van der Waals surface area contributed by atoms with Gasteiger partial charge in [0.25, 0.3) is 0 Å². The molecule has 0 amide bonds. The predicted molar refractivity (Wildman–Crippen MR) is 140 cm³/mol. The molecule has 0 saturated heterocycles. The van der Waals surface area contributed by atoms with Crippen molar-refractivity contribution < 1.29 is 14.3 Å². The van der Waals surface area contributed by atoms with Gasteiger partial charge in [0, 0.05) is 28.5 Å². The molecule has 0 fully saturated rings. The SMILES string of the molecule is O=C(/C=C/c1ccc(F)cc1)c1ccc(Nc2nc(NCCO)nc(Nc3ccc(Cl)cc3)n2)cc1. The van der Waals surface area contributed by atoms with Crippen LogP contribution in [0.4, 0.5) is 33.6 Å². The number of aliphatic hydroxyl groups excluding tert-OH is 1. The fourth-order valence-electron chi connectivity index (χ4n) is 3.09. The number of nitrogens with one attached hydrogen (secondary N) is 3. The van der Waals surface area contributed by atoms with Crippen LogP contribution in [0.5, 0.6) is 0 Å². The molecule has 4 rings (SSSR count). The fraction of sp³-hybridized carbons (Fsp3) is 0.0769. The standard InChI is InChI=1S/C26H22ClFN6O2/c27-19-6-12-22(13-7-19)31-26-33-24(29-15-16-35)32-25(34-26)30-21-10-4-18(5-11-21)23(36)14-3-17-1-8-20(28)9-2-17/h1-14,35H,15-16H2,(H3,29,30,31,32,33,34)/b14-3+. The van der Waals surface area contributed by atoms with E-state index in [1.807, 2.05) is 0 Å². The number of ketones is 1. The number of hydrogen-bond acceptors (Lipinski definition) is 8. The molecule has 4 N–H and O–H groups in total. The first-order valence-electron chi connectivity index (χ1n) is 11.0. The lowest BCUT2D eigenvalue weighted by atomic mass is 10.1.